The van der Waals surface area contributed by atoms with Crippen LogP contribution in [0.1, 0.15) is 13.8 Å². The van der Waals surface area contributed by atoms with Crippen molar-refractivity contribution in [3.8, 4) is 0 Å². The molecule has 0 heterocycles. The molecule has 4 N–H and O–H groups in total. The third-order valence-electron chi connectivity index (χ3n) is 0.725. The molecule has 80 valence electrons. The monoisotopic (exact) mass is 189 g/mol. The lowest BCUT2D eigenvalue weighted by molar-refractivity contribution is -0.117. The Morgan fingerprint density at radius 2 is 1.69 bits per heavy atom. The lowest BCUT2D eigenvalue weighted by atomic mass is 10.3. The topological polar surface area (TPSA) is 67.3 Å². The third kappa shape index (κ3) is 24.7. The molecule has 0 spiro atoms. The van der Waals surface area contributed by atoms with Crippen molar-refractivity contribution in [3.05, 3.63) is 12.2 Å². The van der Waals surface area contributed by atoms with Gasteiger partial charge in [0.2, 0.25) is 5.91 Å². The first-order valence-corrected chi connectivity index (χ1v) is 3.96. The zero-order valence-electron chi connectivity index (χ0n) is 9.48. The van der Waals surface area contributed by atoms with Gasteiger partial charge in [0, 0.05) is 12.1 Å². The van der Waals surface area contributed by atoms with Gasteiger partial charge in [0.15, 0.2) is 0 Å². The van der Waals surface area contributed by atoms with Crippen LogP contribution in [0, 0.1) is 0 Å². The largest absolute Gasteiger partial charge is 0.353 e. The highest BCUT2D eigenvalue weighted by molar-refractivity contribution is 5.91. The summed E-state index contributed by atoms with van der Waals surface area (Å²) in [6, 6.07) is 0. The van der Waals surface area contributed by atoms with Crippen molar-refractivity contribution in [2.24, 2.45) is 0 Å². The Bertz CT molecular complexity index is 141. The van der Waals surface area contributed by atoms with Gasteiger partial charge in [0.25, 0.3) is 0 Å². The molecule has 1 amide bonds. The molecule has 0 bridgehead atoms. The molecule has 0 aromatic rings. The maximum absolute atomic E-state index is 10.5. The SMILES string of the molecule is C=C(C)C(=O)NCC.CN(C)C.N. The summed E-state index contributed by atoms with van der Waals surface area (Å²) in [4.78, 5) is 12.5. The van der Waals surface area contributed by atoms with Crippen molar-refractivity contribution in [2.45, 2.75) is 13.8 Å². The van der Waals surface area contributed by atoms with Gasteiger partial charge in [-0.15, -0.1) is 0 Å². The lowest BCUT2D eigenvalue weighted by Gasteiger charge is -1.97. The number of nitrogens with one attached hydrogen (secondary N) is 1. The fourth-order valence-corrected chi connectivity index (χ4v) is 0.311. The second kappa shape index (κ2) is 11.1. The van der Waals surface area contributed by atoms with E-state index in [4.69, 9.17) is 0 Å². The maximum Gasteiger partial charge on any atom is 0.246 e. The molecule has 0 unspecified atom stereocenters. The third-order valence-corrected chi connectivity index (χ3v) is 0.725. The van der Waals surface area contributed by atoms with Crippen LogP contribution >= 0.6 is 0 Å². The number of rotatable bonds is 2. The predicted molar refractivity (Wildman–Crippen MR) is 58.1 cm³/mol. The van der Waals surface area contributed by atoms with Gasteiger partial charge in [-0.2, -0.15) is 0 Å². The number of amides is 1. The van der Waals surface area contributed by atoms with Gasteiger partial charge in [-0.05, 0) is 35.0 Å². The molecule has 0 aromatic carbocycles. The molecule has 0 radical (unpaired) electrons. The average molecular weight is 189 g/mol. The molecular formula is C9H23N3O. The first kappa shape index (κ1) is 18.0. The standard InChI is InChI=1S/C6H11NO.C3H9N.H3N/c1-4-7-6(8)5(2)3;1-4(2)3;/h2,4H2,1,3H3,(H,7,8);1-3H3;1H3. The van der Waals surface area contributed by atoms with Crippen LogP contribution in [-0.2, 0) is 4.79 Å². The number of carbonyl (C=O) groups excluding carboxylic acids is 1. The Labute approximate surface area is 81.6 Å². The zero-order chi connectivity index (χ0) is 10.1. The van der Waals surface area contributed by atoms with E-state index < -0.39 is 0 Å². The minimum absolute atomic E-state index is 0. The lowest BCUT2D eigenvalue weighted by Crippen LogP contribution is -2.22. The first-order chi connectivity index (χ1) is 5.41. The predicted octanol–water partition coefficient (Wildman–Crippen LogP) is 1.04. The summed E-state index contributed by atoms with van der Waals surface area (Å²) < 4.78 is 0. The minimum Gasteiger partial charge on any atom is -0.353 e. The van der Waals surface area contributed by atoms with Crippen LogP contribution in [0.4, 0.5) is 0 Å². The summed E-state index contributed by atoms with van der Waals surface area (Å²) in [6.45, 7) is 7.70. The molecule has 0 saturated heterocycles. The number of hydrogen-bond acceptors (Lipinski definition) is 3. The summed E-state index contributed by atoms with van der Waals surface area (Å²) in [7, 11) is 6.00. The molecule has 4 heteroatoms. The van der Waals surface area contributed by atoms with Crippen LogP contribution < -0.4 is 11.5 Å². The van der Waals surface area contributed by atoms with Gasteiger partial charge in [-0.1, -0.05) is 6.58 Å². The molecule has 13 heavy (non-hydrogen) atoms. The Morgan fingerprint density at radius 3 is 1.77 bits per heavy atom. The smallest absolute Gasteiger partial charge is 0.246 e. The molecule has 0 fully saturated rings. The number of nitrogens with zero attached hydrogens (tertiary/aromatic N) is 1. The van der Waals surface area contributed by atoms with E-state index in [9.17, 15) is 4.79 Å². The molecular weight excluding hydrogens is 166 g/mol. The van der Waals surface area contributed by atoms with E-state index in [1.54, 1.807) is 6.92 Å². The van der Waals surface area contributed by atoms with Crippen molar-refractivity contribution < 1.29 is 4.79 Å². The quantitative estimate of drug-likeness (QED) is 0.638. The van der Waals surface area contributed by atoms with Crippen LogP contribution in [0.25, 0.3) is 0 Å². The highest BCUT2D eigenvalue weighted by Crippen LogP contribution is 1.82. The van der Waals surface area contributed by atoms with Crippen LogP contribution in [0.2, 0.25) is 0 Å². The van der Waals surface area contributed by atoms with E-state index in [-0.39, 0.29) is 12.1 Å². The van der Waals surface area contributed by atoms with Gasteiger partial charge in [0.1, 0.15) is 0 Å². The van der Waals surface area contributed by atoms with E-state index in [1.807, 2.05) is 33.0 Å². The maximum atomic E-state index is 10.5. The molecule has 0 aliphatic carbocycles. The molecule has 0 aliphatic rings. The number of carbonyl (C=O) groups is 1. The van der Waals surface area contributed by atoms with Gasteiger partial charge in [-0.25, -0.2) is 0 Å². The van der Waals surface area contributed by atoms with E-state index in [1.165, 1.54) is 0 Å². The van der Waals surface area contributed by atoms with E-state index in [0.717, 1.165) is 0 Å². The fraction of sp³-hybridized carbons (Fsp3) is 0.667. The molecule has 0 rings (SSSR count). The Balaban J connectivity index is -0.000000173. The van der Waals surface area contributed by atoms with Crippen molar-refractivity contribution in [2.75, 3.05) is 27.7 Å². The van der Waals surface area contributed by atoms with E-state index in [2.05, 4.69) is 11.9 Å². The second-order valence-electron chi connectivity index (χ2n) is 2.98. The van der Waals surface area contributed by atoms with Gasteiger partial charge < -0.3 is 16.4 Å². The highest BCUT2D eigenvalue weighted by atomic mass is 16.1. The Kier molecular flexibility index (Phi) is 15.4. The van der Waals surface area contributed by atoms with Crippen LogP contribution in [0.5, 0.6) is 0 Å². The number of hydrogen-bond donors (Lipinski definition) is 2. The number of likely N-dealkylation sites (N-methyl/N-ethyl adjacent to an activating group) is 1. The van der Waals surface area contributed by atoms with Crippen LogP contribution in [0.3, 0.4) is 0 Å². The van der Waals surface area contributed by atoms with E-state index in [0.29, 0.717) is 12.1 Å². The summed E-state index contributed by atoms with van der Waals surface area (Å²) >= 11 is 0. The van der Waals surface area contributed by atoms with Gasteiger partial charge >= 0.3 is 0 Å². The second-order valence-corrected chi connectivity index (χ2v) is 2.98. The Morgan fingerprint density at radius 1 is 1.38 bits per heavy atom. The molecule has 0 atom stereocenters. The van der Waals surface area contributed by atoms with Crippen LogP contribution in [0.15, 0.2) is 12.2 Å². The first-order valence-electron chi connectivity index (χ1n) is 3.96. The molecule has 0 aliphatic heterocycles. The highest BCUT2D eigenvalue weighted by Gasteiger charge is 1.95. The average Bonchev–Trinajstić information content (AvgIpc) is 1.86. The van der Waals surface area contributed by atoms with Gasteiger partial charge in [0.05, 0.1) is 0 Å². The summed E-state index contributed by atoms with van der Waals surface area (Å²) in [5, 5.41) is 2.61. The van der Waals surface area contributed by atoms with Crippen molar-refractivity contribution in [1.29, 1.82) is 0 Å². The molecule has 4 nitrogen and oxygen atoms in total. The fourth-order valence-electron chi connectivity index (χ4n) is 0.311. The zero-order valence-corrected chi connectivity index (χ0v) is 9.48. The molecule has 0 aromatic heterocycles. The van der Waals surface area contributed by atoms with Crippen molar-refractivity contribution in [3.63, 3.8) is 0 Å². The summed E-state index contributed by atoms with van der Waals surface area (Å²) in [5.74, 6) is -0.0625. The summed E-state index contributed by atoms with van der Waals surface area (Å²) in [6.07, 6.45) is 0. The minimum atomic E-state index is -0.0625. The van der Waals surface area contributed by atoms with Crippen LogP contribution in [-0.4, -0.2) is 38.5 Å². The van der Waals surface area contributed by atoms with Crippen molar-refractivity contribution >= 4 is 5.91 Å². The Hall–Kier alpha value is -0.870. The summed E-state index contributed by atoms with van der Waals surface area (Å²) in [5.41, 5.74) is 0.562. The molecule has 0 saturated carbocycles. The van der Waals surface area contributed by atoms with Gasteiger partial charge in [-0.3, -0.25) is 4.79 Å². The van der Waals surface area contributed by atoms with Crippen molar-refractivity contribution in [1.82, 2.24) is 16.4 Å². The van der Waals surface area contributed by atoms with E-state index >= 15 is 0 Å². The normalized spacial score (nSPS) is 7.85.